The first-order valence-corrected chi connectivity index (χ1v) is 6.97. The van der Waals surface area contributed by atoms with Crippen LogP contribution in [0.4, 0.5) is 0 Å². The van der Waals surface area contributed by atoms with Crippen molar-refractivity contribution in [3.8, 4) is 5.75 Å². The minimum absolute atomic E-state index is 0.00885. The monoisotopic (exact) mass is 264 g/mol. The van der Waals surface area contributed by atoms with E-state index in [1.165, 1.54) is 4.90 Å². The van der Waals surface area contributed by atoms with Gasteiger partial charge in [0.05, 0.1) is 19.7 Å². The largest absolute Gasteiger partial charge is 0.507 e. The zero-order valence-corrected chi connectivity index (χ0v) is 11.4. The van der Waals surface area contributed by atoms with Crippen molar-refractivity contribution in [2.45, 2.75) is 26.3 Å². The number of para-hydroxylation sites is 1. The topological polar surface area (TPSA) is 51.0 Å². The lowest BCUT2D eigenvalue weighted by molar-refractivity contribution is -0.921. The fraction of sp³-hybridized carbons (Fsp3) is 0.533. The van der Waals surface area contributed by atoms with Crippen molar-refractivity contribution in [1.82, 2.24) is 0 Å². The van der Waals surface area contributed by atoms with Crippen LogP contribution in [0.2, 0.25) is 0 Å². The van der Waals surface area contributed by atoms with Crippen LogP contribution in [0.1, 0.15) is 25.3 Å². The summed E-state index contributed by atoms with van der Waals surface area (Å²) >= 11 is 0. The van der Waals surface area contributed by atoms with Crippen molar-refractivity contribution in [3.63, 3.8) is 0 Å². The van der Waals surface area contributed by atoms with E-state index in [-0.39, 0.29) is 11.9 Å². The SMILES string of the molecule is CCOC(=O)[C@H]1CCC[NH+](Cc2ccccc2O)C1. The zero-order chi connectivity index (χ0) is 13.7. The molecule has 104 valence electrons. The van der Waals surface area contributed by atoms with Gasteiger partial charge in [-0.1, -0.05) is 12.1 Å². The van der Waals surface area contributed by atoms with Gasteiger partial charge in [-0.3, -0.25) is 4.79 Å². The molecule has 0 aliphatic carbocycles. The molecule has 1 heterocycles. The lowest BCUT2D eigenvalue weighted by atomic mass is 9.97. The molecule has 1 aliphatic heterocycles. The smallest absolute Gasteiger partial charge is 0.314 e. The second kappa shape index (κ2) is 6.57. The van der Waals surface area contributed by atoms with Crippen LogP contribution in [-0.2, 0) is 16.1 Å². The molecule has 1 aliphatic rings. The van der Waals surface area contributed by atoms with Crippen molar-refractivity contribution in [2.24, 2.45) is 5.92 Å². The summed E-state index contributed by atoms with van der Waals surface area (Å²) in [5.74, 6) is 0.278. The standard InChI is InChI=1S/C15H21NO3/c1-2-19-15(18)13-7-5-9-16(11-13)10-12-6-3-4-8-14(12)17/h3-4,6,8,13,17H,2,5,7,9-11H2,1H3/p+1/t13-/m0/s1. The fourth-order valence-corrected chi connectivity index (χ4v) is 2.70. The van der Waals surface area contributed by atoms with Crippen LogP contribution in [0.3, 0.4) is 0 Å². The van der Waals surface area contributed by atoms with Crippen molar-refractivity contribution >= 4 is 5.97 Å². The van der Waals surface area contributed by atoms with E-state index >= 15 is 0 Å². The molecule has 1 unspecified atom stereocenters. The number of rotatable bonds is 4. The van der Waals surface area contributed by atoms with Gasteiger partial charge in [-0.15, -0.1) is 0 Å². The molecule has 1 aromatic rings. The second-order valence-electron chi connectivity index (χ2n) is 5.10. The van der Waals surface area contributed by atoms with Crippen LogP contribution < -0.4 is 4.90 Å². The number of quaternary nitrogens is 1. The summed E-state index contributed by atoms with van der Waals surface area (Å²) in [5, 5.41) is 9.80. The maximum absolute atomic E-state index is 11.8. The third-order valence-corrected chi connectivity index (χ3v) is 3.67. The molecule has 1 aromatic carbocycles. The van der Waals surface area contributed by atoms with Crippen LogP contribution in [0.25, 0.3) is 0 Å². The van der Waals surface area contributed by atoms with Gasteiger partial charge in [0.15, 0.2) is 0 Å². The lowest BCUT2D eigenvalue weighted by Crippen LogP contribution is -3.12. The van der Waals surface area contributed by atoms with Gasteiger partial charge in [0.1, 0.15) is 18.2 Å². The Morgan fingerprint density at radius 2 is 2.26 bits per heavy atom. The van der Waals surface area contributed by atoms with E-state index in [1.54, 1.807) is 6.07 Å². The molecule has 2 rings (SSSR count). The Morgan fingerprint density at radius 3 is 3.00 bits per heavy atom. The number of carbonyl (C=O) groups excluding carboxylic acids is 1. The van der Waals surface area contributed by atoms with Crippen molar-refractivity contribution in [1.29, 1.82) is 0 Å². The quantitative estimate of drug-likeness (QED) is 0.789. The zero-order valence-electron chi connectivity index (χ0n) is 11.4. The van der Waals surface area contributed by atoms with E-state index in [9.17, 15) is 9.90 Å². The van der Waals surface area contributed by atoms with E-state index in [1.807, 2.05) is 25.1 Å². The summed E-state index contributed by atoms with van der Waals surface area (Å²) in [6.07, 6.45) is 1.95. The highest BCUT2D eigenvalue weighted by atomic mass is 16.5. The molecular weight excluding hydrogens is 242 g/mol. The number of carbonyl (C=O) groups is 1. The Morgan fingerprint density at radius 1 is 1.47 bits per heavy atom. The fourth-order valence-electron chi connectivity index (χ4n) is 2.70. The predicted octanol–water partition coefficient (Wildman–Crippen LogP) is 0.750. The van der Waals surface area contributed by atoms with E-state index in [0.717, 1.165) is 38.0 Å². The van der Waals surface area contributed by atoms with Gasteiger partial charge < -0.3 is 14.7 Å². The average molecular weight is 264 g/mol. The van der Waals surface area contributed by atoms with E-state index < -0.39 is 0 Å². The van der Waals surface area contributed by atoms with Crippen molar-refractivity contribution < 1.29 is 19.5 Å². The number of phenols is 1. The molecule has 0 aromatic heterocycles. The summed E-state index contributed by atoms with van der Waals surface area (Å²) in [6, 6.07) is 7.41. The van der Waals surface area contributed by atoms with Crippen LogP contribution in [0, 0.1) is 5.92 Å². The molecule has 0 spiro atoms. The van der Waals surface area contributed by atoms with E-state index in [4.69, 9.17) is 4.74 Å². The molecule has 2 N–H and O–H groups in total. The Balaban J connectivity index is 1.94. The van der Waals surface area contributed by atoms with E-state index in [2.05, 4.69) is 0 Å². The molecule has 19 heavy (non-hydrogen) atoms. The molecular formula is C15H22NO3+. The average Bonchev–Trinajstić information content (AvgIpc) is 2.42. The first kappa shape index (κ1) is 13.9. The molecule has 4 heteroatoms. The number of phenolic OH excluding ortho intramolecular Hbond substituents is 1. The van der Waals surface area contributed by atoms with Gasteiger partial charge in [-0.25, -0.2) is 0 Å². The van der Waals surface area contributed by atoms with E-state index in [0.29, 0.717) is 12.4 Å². The Hall–Kier alpha value is -1.55. The summed E-state index contributed by atoms with van der Waals surface area (Å²) in [4.78, 5) is 13.1. The minimum Gasteiger partial charge on any atom is -0.507 e. The first-order valence-electron chi connectivity index (χ1n) is 6.97. The third kappa shape index (κ3) is 3.70. The number of likely N-dealkylation sites (tertiary alicyclic amines) is 1. The lowest BCUT2D eigenvalue weighted by Gasteiger charge is -2.28. The van der Waals surface area contributed by atoms with Gasteiger partial charge in [0, 0.05) is 5.56 Å². The summed E-state index contributed by atoms with van der Waals surface area (Å²) < 4.78 is 5.10. The highest BCUT2D eigenvalue weighted by Crippen LogP contribution is 2.15. The molecule has 0 bridgehead atoms. The number of ether oxygens (including phenoxy) is 1. The molecule has 0 radical (unpaired) electrons. The number of benzene rings is 1. The highest BCUT2D eigenvalue weighted by molar-refractivity contribution is 5.72. The first-order chi connectivity index (χ1) is 9.20. The molecule has 1 fully saturated rings. The summed E-state index contributed by atoms with van der Waals surface area (Å²) in [7, 11) is 0. The maximum Gasteiger partial charge on any atom is 0.314 e. The summed E-state index contributed by atoms with van der Waals surface area (Å²) in [5.41, 5.74) is 0.946. The van der Waals surface area contributed by atoms with Gasteiger partial charge in [0.25, 0.3) is 0 Å². The number of esters is 1. The van der Waals surface area contributed by atoms with Crippen LogP contribution >= 0.6 is 0 Å². The number of hydrogen-bond acceptors (Lipinski definition) is 3. The van der Waals surface area contributed by atoms with Gasteiger partial charge in [0.2, 0.25) is 0 Å². The molecule has 0 saturated carbocycles. The number of nitrogens with one attached hydrogen (secondary N) is 1. The van der Waals surface area contributed by atoms with Crippen molar-refractivity contribution in [3.05, 3.63) is 29.8 Å². The minimum atomic E-state index is -0.0722. The predicted molar refractivity (Wildman–Crippen MR) is 71.9 cm³/mol. The highest BCUT2D eigenvalue weighted by Gasteiger charge is 2.29. The third-order valence-electron chi connectivity index (χ3n) is 3.67. The van der Waals surface area contributed by atoms with Crippen molar-refractivity contribution in [2.75, 3.05) is 19.7 Å². The molecule has 0 amide bonds. The van der Waals surface area contributed by atoms with Gasteiger partial charge in [-0.2, -0.15) is 0 Å². The molecule has 1 saturated heterocycles. The number of aromatic hydroxyl groups is 1. The molecule has 4 nitrogen and oxygen atoms in total. The Kier molecular flexibility index (Phi) is 4.80. The normalized spacial score (nSPS) is 23.0. The van der Waals surface area contributed by atoms with Crippen LogP contribution in [0.5, 0.6) is 5.75 Å². The van der Waals surface area contributed by atoms with Gasteiger partial charge >= 0.3 is 5.97 Å². The Bertz CT molecular complexity index is 433. The maximum atomic E-state index is 11.8. The number of hydrogen-bond donors (Lipinski definition) is 2. The van der Waals surface area contributed by atoms with Crippen LogP contribution in [-0.4, -0.2) is 30.8 Å². The Labute approximate surface area is 114 Å². The van der Waals surface area contributed by atoms with Crippen LogP contribution in [0.15, 0.2) is 24.3 Å². The summed E-state index contributed by atoms with van der Waals surface area (Å²) in [6.45, 7) is 4.90. The second-order valence-corrected chi connectivity index (χ2v) is 5.10. The number of piperidine rings is 1. The molecule has 2 atom stereocenters. The van der Waals surface area contributed by atoms with Gasteiger partial charge in [-0.05, 0) is 31.9 Å².